The van der Waals surface area contributed by atoms with Crippen molar-refractivity contribution >= 4 is 17.2 Å². The quantitative estimate of drug-likeness (QED) is 0.631. The van der Waals surface area contributed by atoms with Gasteiger partial charge in [-0.25, -0.2) is 9.97 Å². The van der Waals surface area contributed by atoms with Crippen molar-refractivity contribution in [2.24, 2.45) is 0 Å². The second-order valence-corrected chi connectivity index (χ2v) is 5.15. The van der Waals surface area contributed by atoms with Gasteiger partial charge < -0.3 is 5.32 Å². The molecule has 1 N–H and O–H groups in total. The molecule has 0 saturated carbocycles. The first-order chi connectivity index (χ1) is 11.8. The Bertz CT molecular complexity index is 996. The van der Waals surface area contributed by atoms with Crippen molar-refractivity contribution in [2.75, 3.05) is 5.32 Å². The third-order valence-electron chi connectivity index (χ3n) is 3.59. The topological polar surface area (TPSA) is 72.2 Å². The van der Waals surface area contributed by atoms with Gasteiger partial charge in [0.2, 0.25) is 0 Å². The van der Waals surface area contributed by atoms with Crippen LogP contribution in [0.25, 0.3) is 16.9 Å². The van der Waals surface area contributed by atoms with Gasteiger partial charge in [0.1, 0.15) is 11.6 Å². The highest BCUT2D eigenvalue weighted by Gasteiger charge is 2.18. The van der Waals surface area contributed by atoms with Crippen LogP contribution in [0.15, 0.2) is 73.3 Å². The SMILES string of the molecule is O=C(Nc1ccccn1)c1nc(-c2cccnc2)n2ccccc12. The van der Waals surface area contributed by atoms with E-state index in [1.807, 2.05) is 47.0 Å². The Morgan fingerprint density at radius 2 is 1.92 bits per heavy atom. The third-order valence-corrected chi connectivity index (χ3v) is 3.59. The molecule has 0 bridgehead atoms. The van der Waals surface area contributed by atoms with Crippen molar-refractivity contribution in [3.63, 3.8) is 0 Å². The molecule has 6 nitrogen and oxygen atoms in total. The van der Waals surface area contributed by atoms with Crippen molar-refractivity contribution in [3.05, 3.63) is 79.0 Å². The number of fused-ring (bicyclic) bond motifs is 1. The Morgan fingerprint density at radius 1 is 1.00 bits per heavy atom. The number of amides is 1. The molecule has 0 aliphatic rings. The summed E-state index contributed by atoms with van der Waals surface area (Å²) in [6.45, 7) is 0. The lowest BCUT2D eigenvalue weighted by Crippen LogP contribution is -2.13. The predicted molar refractivity (Wildman–Crippen MR) is 90.6 cm³/mol. The van der Waals surface area contributed by atoms with Gasteiger partial charge in [-0.1, -0.05) is 12.1 Å². The zero-order chi connectivity index (χ0) is 16.4. The van der Waals surface area contributed by atoms with Crippen LogP contribution in [-0.2, 0) is 0 Å². The summed E-state index contributed by atoms with van der Waals surface area (Å²) >= 11 is 0. The number of pyridine rings is 3. The van der Waals surface area contributed by atoms with E-state index in [0.717, 1.165) is 11.1 Å². The molecule has 0 fully saturated rings. The fraction of sp³-hybridized carbons (Fsp3) is 0. The van der Waals surface area contributed by atoms with Crippen LogP contribution in [0.1, 0.15) is 10.5 Å². The van der Waals surface area contributed by atoms with E-state index in [0.29, 0.717) is 17.3 Å². The lowest BCUT2D eigenvalue weighted by Gasteiger charge is -2.01. The second-order valence-electron chi connectivity index (χ2n) is 5.15. The number of hydrogen-bond acceptors (Lipinski definition) is 4. The van der Waals surface area contributed by atoms with Gasteiger partial charge in [-0.3, -0.25) is 14.2 Å². The first-order valence-corrected chi connectivity index (χ1v) is 7.43. The minimum atomic E-state index is -0.299. The molecule has 4 rings (SSSR count). The standard InChI is InChI=1S/C18H13N5O/c24-18(21-15-8-1-3-10-20-15)16-14-7-2-4-11-23(14)17(22-16)13-6-5-9-19-12-13/h1-12H,(H,20,21,24). The minimum absolute atomic E-state index is 0.299. The first-order valence-electron chi connectivity index (χ1n) is 7.43. The largest absolute Gasteiger partial charge is 0.305 e. The summed E-state index contributed by atoms with van der Waals surface area (Å²) in [6, 6.07) is 14.7. The number of imidazole rings is 1. The Kier molecular flexibility index (Phi) is 3.47. The van der Waals surface area contributed by atoms with Crippen molar-refractivity contribution in [3.8, 4) is 11.4 Å². The molecular weight excluding hydrogens is 302 g/mol. The van der Waals surface area contributed by atoms with Gasteiger partial charge >= 0.3 is 0 Å². The van der Waals surface area contributed by atoms with E-state index in [2.05, 4.69) is 20.3 Å². The molecule has 0 aliphatic heterocycles. The number of nitrogens with one attached hydrogen (secondary N) is 1. The maximum absolute atomic E-state index is 12.6. The zero-order valence-corrected chi connectivity index (χ0v) is 12.6. The van der Waals surface area contributed by atoms with E-state index in [1.54, 1.807) is 30.7 Å². The van der Waals surface area contributed by atoms with Crippen LogP contribution in [0.3, 0.4) is 0 Å². The van der Waals surface area contributed by atoms with Gasteiger partial charge in [0, 0.05) is 30.4 Å². The highest BCUT2D eigenvalue weighted by atomic mass is 16.2. The molecule has 4 aromatic rings. The van der Waals surface area contributed by atoms with Gasteiger partial charge in [-0.2, -0.15) is 0 Å². The van der Waals surface area contributed by atoms with Crippen molar-refractivity contribution in [1.82, 2.24) is 19.4 Å². The van der Waals surface area contributed by atoms with Gasteiger partial charge in [0.15, 0.2) is 5.69 Å². The smallest absolute Gasteiger partial charge is 0.277 e. The van der Waals surface area contributed by atoms with Gasteiger partial charge in [0.25, 0.3) is 5.91 Å². The third kappa shape index (κ3) is 2.50. The van der Waals surface area contributed by atoms with Gasteiger partial charge in [0.05, 0.1) is 5.52 Å². The lowest BCUT2D eigenvalue weighted by atomic mass is 10.3. The van der Waals surface area contributed by atoms with Gasteiger partial charge in [-0.15, -0.1) is 0 Å². The van der Waals surface area contributed by atoms with Crippen LogP contribution in [0.2, 0.25) is 0 Å². The maximum atomic E-state index is 12.6. The summed E-state index contributed by atoms with van der Waals surface area (Å²) in [6.07, 6.45) is 6.93. The van der Waals surface area contributed by atoms with E-state index < -0.39 is 0 Å². The molecule has 0 atom stereocenters. The summed E-state index contributed by atoms with van der Waals surface area (Å²) < 4.78 is 1.88. The van der Waals surface area contributed by atoms with Crippen molar-refractivity contribution in [2.45, 2.75) is 0 Å². The van der Waals surface area contributed by atoms with Crippen molar-refractivity contribution in [1.29, 1.82) is 0 Å². The average Bonchev–Trinajstić information content (AvgIpc) is 3.03. The predicted octanol–water partition coefficient (Wildman–Crippen LogP) is 3.04. The molecule has 0 radical (unpaired) electrons. The second kappa shape index (κ2) is 5.92. The molecule has 6 heteroatoms. The number of anilines is 1. The molecule has 1 amide bonds. The Morgan fingerprint density at radius 3 is 2.71 bits per heavy atom. The monoisotopic (exact) mass is 315 g/mol. The number of hydrogen-bond donors (Lipinski definition) is 1. The number of aromatic nitrogens is 4. The Hall–Kier alpha value is -3.54. The summed E-state index contributed by atoms with van der Waals surface area (Å²) in [5.41, 5.74) is 1.92. The Balaban J connectivity index is 1.80. The molecule has 0 aliphatic carbocycles. The molecule has 116 valence electrons. The van der Waals surface area contributed by atoms with E-state index in [4.69, 9.17) is 0 Å². The van der Waals surface area contributed by atoms with E-state index in [-0.39, 0.29) is 5.91 Å². The molecule has 24 heavy (non-hydrogen) atoms. The average molecular weight is 315 g/mol. The number of nitrogens with zero attached hydrogens (tertiary/aromatic N) is 4. The van der Waals surface area contributed by atoms with Gasteiger partial charge in [-0.05, 0) is 36.4 Å². The van der Waals surface area contributed by atoms with Crippen LogP contribution in [0.5, 0.6) is 0 Å². The molecule has 0 unspecified atom stereocenters. The fourth-order valence-corrected chi connectivity index (χ4v) is 2.52. The maximum Gasteiger partial charge on any atom is 0.277 e. The van der Waals surface area contributed by atoms with Crippen LogP contribution in [-0.4, -0.2) is 25.3 Å². The Labute approximate surface area is 137 Å². The molecular formula is C18H13N5O. The van der Waals surface area contributed by atoms with Crippen LogP contribution in [0, 0.1) is 0 Å². The molecule has 4 aromatic heterocycles. The minimum Gasteiger partial charge on any atom is -0.305 e. The number of carbonyl (C=O) groups excluding carboxylic acids is 1. The first kappa shape index (κ1) is 14.1. The highest BCUT2D eigenvalue weighted by molar-refractivity contribution is 6.07. The molecule has 4 heterocycles. The molecule has 0 aromatic carbocycles. The van der Waals surface area contributed by atoms with Crippen LogP contribution < -0.4 is 5.32 Å². The summed E-state index contributed by atoms with van der Waals surface area (Å²) in [7, 11) is 0. The number of carbonyl (C=O) groups is 1. The van der Waals surface area contributed by atoms with Crippen LogP contribution >= 0.6 is 0 Å². The lowest BCUT2D eigenvalue weighted by molar-refractivity contribution is 0.102. The summed E-state index contributed by atoms with van der Waals surface area (Å²) in [5.74, 6) is 0.861. The van der Waals surface area contributed by atoms with E-state index >= 15 is 0 Å². The molecule has 0 saturated heterocycles. The summed E-state index contributed by atoms with van der Waals surface area (Å²) in [5, 5.41) is 2.77. The summed E-state index contributed by atoms with van der Waals surface area (Å²) in [4.78, 5) is 25.4. The zero-order valence-electron chi connectivity index (χ0n) is 12.6. The van der Waals surface area contributed by atoms with E-state index in [1.165, 1.54) is 0 Å². The highest BCUT2D eigenvalue weighted by Crippen LogP contribution is 2.22. The molecule has 0 spiro atoms. The van der Waals surface area contributed by atoms with Crippen LogP contribution in [0.4, 0.5) is 5.82 Å². The number of rotatable bonds is 3. The van der Waals surface area contributed by atoms with E-state index in [9.17, 15) is 4.79 Å². The fourth-order valence-electron chi connectivity index (χ4n) is 2.52. The van der Waals surface area contributed by atoms with Crippen molar-refractivity contribution < 1.29 is 4.79 Å². The normalized spacial score (nSPS) is 10.7.